The summed E-state index contributed by atoms with van der Waals surface area (Å²) >= 11 is 0. The van der Waals surface area contributed by atoms with Crippen molar-refractivity contribution in [1.82, 2.24) is 0 Å². The van der Waals surface area contributed by atoms with Crippen molar-refractivity contribution in [2.24, 2.45) is 40.4 Å². The second-order valence-electron chi connectivity index (χ2n) is 14.1. The molecule has 8 atom stereocenters. The lowest BCUT2D eigenvalue weighted by atomic mass is 9.44. The quantitative estimate of drug-likeness (QED) is 0.340. The smallest absolute Gasteiger partial charge is 0.338 e. The number of carbonyl (C=O) groups is 5. The first kappa shape index (κ1) is 27.4. The molecule has 7 rings (SSSR count). The van der Waals surface area contributed by atoms with E-state index in [1.807, 2.05) is 0 Å². The van der Waals surface area contributed by atoms with E-state index >= 15 is 0 Å². The maximum Gasteiger partial charge on any atom is 0.338 e. The molecule has 6 nitrogen and oxygen atoms in total. The highest BCUT2D eigenvalue weighted by Crippen LogP contribution is 2.67. The van der Waals surface area contributed by atoms with Crippen molar-refractivity contribution in [2.45, 2.75) is 78.2 Å². The second-order valence-corrected chi connectivity index (χ2v) is 14.1. The molecule has 0 N–H and O–H groups in total. The Bertz CT molecular complexity index is 1550. The molecule has 6 heteroatoms. The van der Waals surface area contributed by atoms with Crippen LogP contribution in [0.1, 0.15) is 114 Å². The number of ketones is 4. The van der Waals surface area contributed by atoms with Gasteiger partial charge in [0.15, 0.2) is 11.6 Å². The Morgan fingerprint density at radius 2 is 1.52 bits per heavy atom. The van der Waals surface area contributed by atoms with E-state index in [2.05, 4.69) is 13.8 Å². The Morgan fingerprint density at radius 3 is 2.24 bits per heavy atom. The normalized spacial score (nSPS) is 36.7. The van der Waals surface area contributed by atoms with Gasteiger partial charge in [-0.05, 0) is 92.7 Å². The summed E-state index contributed by atoms with van der Waals surface area (Å²) < 4.78 is 6.44. The third-order valence-electron chi connectivity index (χ3n) is 12.5. The number of benzene rings is 2. The number of hydrogen-bond acceptors (Lipinski definition) is 6. The van der Waals surface area contributed by atoms with Crippen molar-refractivity contribution in [3.8, 4) is 0 Å². The van der Waals surface area contributed by atoms with Gasteiger partial charge in [0.2, 0.25) is 0 Å². The van der Waals surface area contributed by atoms with Crippen LogP contribution in [-0.2, 0) is 14.3 Å². The molecule has 5 aliphatic rings. The molecule has 2 aromatic carbocycles. The Kier molecular flexibility index (Phi) is 6.24. The molecule has 4 fully saturated rings. The molecular weight excluding hydrogens is 528 g/mol. The average Bonchev–Trinajstić information content (AvgIpc) is 3.35. The third kappa shape index (κ3) is 3.79. The molecule has 4 saturated carbocycles. The third-order valence-corrected chi connectivity index (χ3v) is 12.5. The molecule has 0 heterocycles. The van der Waals surface area contributed by atoms with Gasteiger partial charge in [0.25, 0.3) is 0 Å². The van der Waals surface area contributed by atoms with Gasteiger partial charge in [-0.25, -0.2) is 4.79 Å². The number of Topliss-reactive ketones (excluding diaryl/α,β-unsaturated/α-hetero) is 2. The fourth-order valence-corrected chi connectivity index (χ4v) is 10.2. The van der Waals surface area contributed by atoms with Crippen LogP contribution < -0.4 is 0 Å². The SMILES string of the molecule is CC(=O)[C@H]1CC[C@H]2[C@@H]3CC[C@H]4CC(=O)CC[C@]4(C)[C@H]3C[C@@H](OC(=O)c3ccc4c(c3)C(=O)c3ccccc3C4=O)[C@]12C. The fourth-order valence-electron chi connectivity index (χ4n) is 10.2. The Hall–Kier alpha value is -3.41. The van der Waals surface area contributed by atoms with Crippen molar-refractivity contribution in [2.75, 3.05) is 0 Å². The van der Waals surface area contributed by atoms with Crippen LogP contribution >= 0.6 is 0 Å². The van der Waals surface area contributed by atoms with Gasteiger partial charge in [0, 0.05) is 46.4 Å². The molecule has 0 radical (unpaired) electrons. The van der Waals surface area contributed by atoms with Crippen molar-refractivity contribution < 1.29 is 28.7 Å². The number of esters is 1. The zero-order valence-electron chi connectivity index (χ0n) is 24.6. The summed E-state index contributed by atoms with van der Waals surface area (Å²) in [6.07, 6.45) is 6.24. The zero-order valence-corrected chi connectivity index (χ0v) is 24.6. The second kappa shape index (κ2) is 9.55. The minimum absolute atomic E-state index is 0.0170. The van der Waals surface area contributed by atoms with E-state index in [4.69, 9.17) is 4.74 Å². The molecule has 42 heavy (non-hydrogen) atoms. The molecule has 5 aliphatic carbocycles. The summed E-state index contributed by atoms with van der Waals surface area (Å²) in [6.45, 7) is 6.18. The molecular formula is C36H38O6. The predicted octanol–water partition coefficient (Wildman–Crippen LogP) is 6.41. The van der Waals surface area contributed by atoms with Crippen molar-refractivity contribution in [1.29, 1.82) is 0 Å². The molecule has 0 saturated heterocycles. The number of rotatable bonds is 3. The maximum atomic E-state index is 13.9. The summed E-state index contributed by atoms with van der Waals surface area (Å²) in [5, 5.41) is 0. The molecule has 0 amide bonds. The highest BCUT2D eigenvalue weighted by atomic mass is 16.5. The summed E-state index contributed by atoms with van der Waals surface area (Å²) in [5.41, 5.74) is 1.03. The van der Waals surface area contributed by atoms with Gasteiger partial charge < -0.3 is 4.74 Å². The molecule has 0 bridgehead atoms. The van der Waals surface area contributed by atoms with Crippen LogP contribution in [0.15, 0.2) is 42.5 Å². The predicted molar refractivity (Wildman–Crippen MR) is 155 cm³/mol. The minimum Gasteiger partial charge on any atom is -0.458 e. The van der Waals surface area contributed by atoms with Crippen LogP contribution in [0, 0.1) is 40.4 Å². The van der Waals surface area contributed by atoms with E-state index in [0.29, 0.717) is 59.5 Å². The van der Waals surface area contributed by atoms with Crippen LogP contribution in [0.4, 0.5) is 0 Å². The van der Waals surface area contributed by atoms with Gasteiger partial charge in [0.1, 0.15) is 17.7 Å². The van der Waals surface area contributed by atoms with Crippen molar-refractivity contribution in [3.05, 3.63) is 70.3 Å². The number of carbonyl (C=O) groups excluding carboxylic acids is 5. The maximum absolute atomic E-state index is 13.9. The van der Waals surface area contributed by atoms with Gasteiger partial charge in [-0.15, -0.1) is 0 Å². The summed E-state index contributed by atoms with van der Waals surface area (Å²) in [7, 11) is 0. The molecule has 0 unspecified atom stereocenters. The van der Waals surface area contributed by atoms with Gasteiger partial charge in [0.05, 0.1) is 5.56 Å². The standard InChI is InChI=1S/C36H38O6/c1-19(37)28-12-13-29-26-11-9-21-17-22(38)14-15-35(21,2)30(26)18-31(36(28,29)3)42-34(41)20-8-10-25-27(16-20)33(40)24-7-5-4-6-23(24)32(25)39/h4-8,10,16,21,26,28-31H,9,11-15,17-18H2,1-3H3/t21-,26-,28+,29-,30-,31+,35-,36+/m0/s1. The summed E-state index contributed by atoms with van der Waals surface area (Å²) in [6, 6.07) is 11.4. The van der Waals surface area contributed by atoms with E-state index in [9.17, 15) is 24.0 Å². The number of hydrogen-bond donors (Lipinski definition) is 0. The van der Waals surface area contributed by atoms with Crippen LogP contribution in [0.3, 0.4) is 0 Å². The summed E-state index contributed by atoms with van der Waals surface area (Å²) in [5.74, 6) is 0.735. The molecule has 2 aromatic rings. The first-order valence-corrected chi connectivity index (χ1v) is 15.6. The van der Waals surface area contributed by atoms with E-state index in [1.165, 1.54) is 6.07 Å². The van der Waals surface area contributed by atoms with Crippen LogP contribution in [0.2, 0.25) is 0 Å². The molecule has 0 spiro atoms. The highest BCUT2D eigenvalue weighted by molar-refractivity contribution is 6.28. The van der Waals surface area contributed by atoms with Crippen LogP contribution in [0.5, 0.6) is 0 Å². The largest absolute Gasteiger partial charge is 0.458 e. The van der Waals surface area contributed by atoms with E-state index in [-0.39, 0.29) is 45.7 Å². The fraction of sp³-hybridized carbons (Fsp3) is 0.528. The zero-order chi connectivity index (χ0) is 29.6. The van der Waals surface area contributed by atoms with E-state index < -0.39 is 17.5 Å². The first-order chi connectivity index (χ1) is 20.0. The first-order valence-electron chi connectivity index (χ1n) is 15.6. The Balaban J connectivity index is 1.23. The van der Waals surface area contributed by atoms with Gasteiger partial charge in [-0.2, -0.15) is 0 Å². The van der Waals surface area contributed by atoms with E-state index in [1.54, 1.807) is 43.3 Å². The van der Waals surface area contributed by atoms with E-state index in [0.717, 1.165) is 32.1 Å². The lowest BCUT2D eigenvalue weighted by Gasteiger charge is -2.61. The van der Waals surface area contributed by atoms with Crippen LogP contribution in [-0.4, -0.2) is 35.2 Å². The number of fused-ring (bicyclic) bond motifs is 7. The van der Waals surface area contributed by atoms with Gasteiger partial charge in [-0.1, -0.05) is 38.1 Å². The Labute approximate surface area is 246 Å². The monoisotopic (exact) mass is 566 g/mol. The lowest BCUT2D eigenvalue weighted by Crippen LogP contribution is -2.59. The van der Waals surface area contributed by atoms with Crippen molar-refractivity contribution >= 4 is 29.1 Å². The van der Waals surface area contributed by atoms with Crippen LogP contribution in [0.25, 0.3) is 0 Å². The average molecular weight is 567 g/mol. The van der Waals surface area contributed by atoms with Gasteiger partial charge >= 0.3 is 5.97 Å². The molecule has 0 aliphatic heterocycles. The van der Waals surface area contributed by atoms with Crippen molar-refractivity contribution in [3.63, 3.8) is 0 Å². The molecule has 218 valence electrons. The highest BCUT2D eigenvalue weighted by Gasteiger charge is 2.65. The molecule has 0 aromatic heterocycles. The van der Waals surface area contributed by atoms with Gasteiger partial charge in [-0.3, -0.25) is 19.2 Å². The summed E-state index contributed by atoms with van der Waals surface area (Å²) in [4.78, 5) is 65.7. The Morgan fingerprint density at radius 1 is 0.833 bits per heavy atom. The number of ether oxygens (including phenoxy) is 1. The topological polar surface area (TPSA) is 94.6 Å². The lowest BCUT2D eigenvalue weighted by molar-refractivity contribution is -0.171. The minimum atomic E-state index is -0.522.